The van der Waals surface area contributed by atoms with Crippen molar-refractivity contribution in [3.05, 3.63) is 93.4 Å². The first-order valence-corrected chi connectivity index (χ1v) is 11.4. The molecule has 0 aliphatic rings. The number of benzene rings is 3. The van der Waals surface area contributed by atoms with Gasteiger partial charge in [-0.1, -0.05) is 39.7 Å². The van der Waals surface area contributed by atoms with Gasteiger partial charge in [0.1, 0.15) is 0 Å². The molecule has 3 rings (SSSR count). The standard InChI is InChI=1S/C21H17BrClN3O3S/c1-14(25-26-30(28,29)20-12-6-17(22)7-13-20)15-4-10-19(11-5-15)24-21(27)16-2-8-18(23)9-3-16/h2-13,26H,1H3,(H,24,27). The molecule has 0 unspecified atom stereocenters. The van der Waals surface area contributed by atoms with E-state index in [0.717, 1.165) is 4.47 Å². The SMILES string of the molecule is CC(=NNS(=O)(=O)c1ccc(Br)cc1)c1ccc(NC(=O)c2ccc(Cl)cc2)cc1. The molecule has 30 heavy (non-hydrogen) atoms. The fourth-order valence-corrected chi connectivity index (χ4v) is 3.71. The van der Waals surface area contributed by atoms with Crippen molar-refractivity contribution >= 4 is 54.9 Å². The van der Waals surface area contributed by atoms with E-state index >= 15 is 0 Å². The number of carbonyl (C=O) groups is 1. The van der Waals surface area contributed by atoms with Crippen LogP contribution in [0.4, 0.5) is 5.69 Å². The molecule has 0 aliphatic carbocycles. The third-order valence-electron chi connectivity index (χ3n) is 4.12. The maximum Gasteiger partial charge on any atom is 0.276 e. The van der Waals surface area contributed by atoms with Gasteiger partial charge in [-0.2, -0.15) is 18.4 Å². The van der Waals surface area contributed by atoms with Crippen LogP contribution in [0.3, 0.4) is 0 Å². The van der Waals surface area contributed by atoms with Gasteiger partial charge in [0.05, 0.1) is 10.6 Å². The highest BCUT2D eigenvalue weighted by Crippen LogP contribution is 2.16. The molecule has 3 aromatic rings. The highest BCUT2D eigenvalue weighted by atomic mass is 79.9. The number of amides is 1. The minimum atomic E-state index is -3.76. The predicted octanol–water partition coefficient (Wildman–Crippen LogP) is 5.06. The number of hydrazone groups is 1. The van der Waals surface area contributed by atoms with Gasteiger partial charge in [-0.3, -0.25) is 4.79 Å². The van der Waals surface area contributed by atoms with Crippen LogP contribution in [0.25, 0.3) is 0 Å². The Bertz CT molecular complexity index is 1180. The van der Waals surface area contributed by atoms with Crippen LogP contribution in [-0.2, 0) is 10.0 Å². The van der Waals surface area contributed by atoms with E-state index in [1.54, 1.807) is 67.6 Å². The summed E-state index contributed by atoms with van der Waals surface area (Å²) in [5, 5.41) is 7.32. The van der Waals surface area contributed by atoms with E-state index in [1.165, 1.54) is 12.1 Å². The van der Waals surface area contributed by atoms with Crippen molar-refractivity contribution in [3.63, 3.8) is 0 Å². The summed E-state index contributed by atoms with van der Waals surface area (Å²) in [5.74, 6) is -0.257. The van der Waals surface area contributed by atoms with Gasteiger partial charge in [-0.05, 0) is 73.2 Å². The molecule has 0 saturated carbocycles. The lowest BCUT2D eigenvalue weighted by Gasteiger charge is -2.08. The molecule has 0 spiro atoms. The number of nitrogens with zero attached hydrogens (tertiary/aromatic N) is 1. The van der Waals surface area contributed by atoms with Crippen LogP contribution < -0.4 is 10.1 Å². The van der Waals surface area contributed by atoms with Crippen LogP contribution in [0, 0.1) is 0 Å². The lowest BCUT2D eigenvalue weighted by molar-refractivity contribution is 0.102. The molecular formula is C21H17BrClN3O3S. The molecule has 3 aromatic carbocycles. The van der Waals surface area contributed by atoms with Crippen molar-refractivity contribution < 1.29 is 13.2 Å². The van der Waals surface area contributed by atoms with E-state index < -0.39 is 10.0 Å². The second kappa shape index (κ2) is 9.42. The Labute approximate surface area is 188 Å². The summed E-state index contributed by atoms with van der Waals surface area (Å²) >= 11 is 9.10. The Morgan fingerprint density at radius 2 is 1.47 bits per heavy atom. The van der Waals surface area contributed by atoms with Gasteiger partial charge in [0.15, 0.2) is 0 Å². The van der Waals surface area contributed by atoms with Crippen LogP contribution in [-0.4, -0.2) is 20.0 Å². The minimum Gasteiger partial charge on any atom is -0.322 e. The summed E-state index contributed by atoms with van der Waals surface area (Å²) in [6, 6.07) is 19.7. The molecule has 0 radical (unpaired) electrons. The topological polar surface area (TPSA) is 87.6 Å². The first-order chi connectivity index (χ1) is 14.2. The Kier molecular flexibility index (Phi) is 6.91. The normalized spacial score (nSPS) is 11.8. The lowest BCUT2D eigenvalue weighted by atomic mass is 10.1. The maximum atomic E-state index is 12.3. The van der Waals surface area contributed by atoms with Crippen LogP contribution >= 0.6 is 27.5 Å². The molecule has 154 valence electrons. The molecule has 6 nitrogen and oxygen atoms in total. The average molecular weight is 507 g/mol. The zero-order valence-electron chi connectivity index (χ0n) is 15.8. The summed E-state index contributed by atoms with van der Waals surface area (Å²) in [7, 11) is -3.76. The summed E-state index contributed by atoms with van der Waals surface area (Å²) in [6.07, 6.45) is 0. The quantitative estimate of drug-likeness (QED) is 0.362. The van der Waals surface area contributed by atoms with E-state index in [1.807, 2.05) is 0 Å². The van der Waals surface area contributed by atoms with Crippen LogP contribution in [0.1, 0.15) is 22.8 Å². The molecule has 0 atom stereocenters. The molecule has 0 saturated heterocycles. The third-order valence-corrected chi connectivity index (χ3v) is 6.13. The Hall–Kier alpha value is -2.68. The Balaban J connectivity index is 1.66. The molecule has 9 heteroatoms. The van der Waals surface area contributed by atoms with Gasteiger partial charge in [-0.15, -0.1) is 0 Å². The van der Waals surface area contributed by atoms with Crippen molar-refractivity contribution in [2.75, 3.05) is 5.32 Å². The lowest BCUT2D eigenvalue weighted by Crippen LogP contribution is -2.20. The first kappa shape index (κ1) is 22.0. The fraction of sp³-hybridized carbons (Fsp3) is 0.0476. The zero-order chi connectivity index (χ0) is 21.7. The molecule has 2 N–H and O–H groups in total. The van der Waals surface area contributed by atoms with Crippen molar-refractivity contribution in [1.82, 2.24) is 4.83 Å². The van der Waals surface area contributed by atoms with E-state index in [0.29, 0.717) is 27.5 Å². The third kappa shape index (κ3) is 5.69. The summed E-state index contributed by atoms with van der Waals surface area (Å²) < 4.78 is 25.4. The van der Waals surface area contributed by atoms with Crippen LogP contribution in [0.15, 0.2) is 87.3 Å². The van der Waals surface area contributed by atoms with E-state index in [4.69, 9.17) is 11.6 Å². The highest BCUT2D eigenvalue weighted by molar-refractivity contribution is 9.10. The number of carbonyl (C=O) groups excluding carboxylic acids is 1. The summed E-state index contributed by atoms with van der Waals surface area (Å²) in [5.41, 5.74) is 2.27. The smallest absolute Gasteiger partial charge is 0.276 e. The zero-order valence-corrected chi connectivity index (χ0v) is 18.9. The highest BCUT2D eigenvalue weighted by Gasteiger charge is 2.13. The molecule has 0 heterocycles. The van der Waals surface area contributed by atoms with Gasteiger partial charge in [0, 0.05) is 20.7 Å². The molecule has 0 aromatic heterocycles. The predicted molar refractivity (Wildman–Crippen MR) is 123 cm³/mol. The maximum absolute atomic E-state index is 12.3. The van der Waals surface area contributed by atoms with Crippen molar-refractivity contribution in [2.45, 2.75) is 11.8 Å². The molecule has 0 fully saturated rings. The van der Waals surface area contributed by atoms with Gasteiger partial charge in [0.25, 0.3) is 15.9 Å². The van der Waals surface area contributed by atoms with Gasteiger partial charge < -0.3 is 5.32 Å². The van der Waals surface area contributed by atoms with E-state index in [-0.39, 0.29) is 10.8 Å². The van der Waals surface area contributed by atoms with E-state index in [2.05, 4.69) is 31.2 Å². The average Bonchev–Trinajstić information content (AvgIpc) is 2.73. The molecule has 0 aliphatic heterocycles. The van der Waals surface area contributed by atoms with Crippen molar-refractivity contribution in [3.8, 4) is 0 Å². The fourth-order valence-electron chi connectivity index (χ4n) is 2.46. The molecule has 1 amide bonds. The number of hydrogen-bond acceptors (Lipinski definition) is 4. The van der Waals surface area contributed by atoms with E-state index in [9.17, 15) is 13.2 Å². The van der Waals surface area contributed by atoms with Crippen molar-refractivity contribution in [2.24, 2.45) is 5.10 Å². The Morgan fingerprint density at radius 1 is 0.900 bits per heavy atom. The number of rotatable bonds is 6. The van der Waals surface area contributed by atoms with Gasteiger partial charge in [-0.25, -0.2) is 0 Å². The number of hydrogen-bond donors (Lipinski definition) is 2. The number of anilines is 1. The Morgan fingerprint density at radius 3 is 2.07 bits per heavy atom. The van der Waals surface area contributed by atoms with Crippen LogP contribution in [0.2, 0.25) is 5.02 Å². The molecule has 0 bridgehead atoms. The molecular weight excluding hydrogens is 490 g/mol. The second-order valence-electron chi connectivity index (χ2n) is 6.28. The van der Waals surface area contributed by atoms with Crippen molar-refractivity contribution in [1.29, 1.82) is 0 Å². The number of nitrogens with one attached hydrogen (secondary N) is 2. The second-order valence-corrected chi connectivity index (χ2v) is 9.30. The van der Waals surface area contributed by atoms with Gasteiger partial charge in [0.2, 0.25) is 0 Å². The van der Waals surface area contributed by atoms with Gasteiger partial charge >= 0.3 is 0 Å². The monoisotopic (exact) mass is 505 g/mol. The van der Waals surface area contributed by atoms with Crippen LogP contribution in [0.5, 0.6) is 0 Å². The summed E-state index contributed by atoms with van der Waals surface area (Å²) in [6.45, 7) is 1.69. The first-order valence-electron chi connectivity index (χ1n) is 8.73. The largest absolute Gasteiger partial charge is 0.322 e. The summed E-state index contributed by atoms with van der Waals surface area (Å²) in [4.78, 5) is 14.6. The number of sulfonamides is 1. The minimum absolute atomic E-state index is 0.113. The number of halogens is 2.